The van der Waals surface area contributed by atoms with Crippen LogP contribution in [0.1, 0.15) is 95.2 Å². The average Bonchev–Trinajstić information content (AvgIpc) is 3.36. The van der Waals surface area contributed by atoms with Gasteiger partial charge in [0.15, 0.2) is 5.69 Å². The number of aliphatic hydroxyl groups is 1. The molecule has 5 atom stereocenters. The second kappa shape index (κ2) is 13.7. The molecule has 0 aromatic carbocycles. The van der Waals surface area contributed by atoms with Gasteiger partial charge in [0.05, 0.1) is 12.1 Å². The van der Waals surface area contributed by atoms with Gasteiger partial charge in [0.25, 0.3) is 0 Å². The maximum Gasteiger partial charge on any atom is 0.357 e. The molecule has 0 radical (unpaired) electrons. The number of aromatic nitrogens is 1. The molecule has 0 bridgehead atoms. The number of thiazole rings is 1. The topological polar surface area (TPSA) is 112 Å². The van der Waals surface area contributed by atoms with Crippen LogP contribution in [0.2, 0.25) is 0 Å². The number of esters is 1. The number of piperidine rings is 1. The van der Waals surface area contributed by atoms with Crippen LogP contribution in [0.5, 0.6) is 0 Å². The van der Waals surface area contributed by atoms with Gasteiger partial charge in [0.1, 0.15) is 17.2 Å². The van der Waals surface area contributed by atoms with Gasteiger partial charge in [0.2, 0.25) is 11.8 Å². The molecule has 0 spiro atoms. The smallest absolute Gasteiger partial charge is 0.357 e. The molecule has 1 aliphatic heterocycles. The Morgan fingerprint density at radius 2 is 1.95 bits per heavy atom. The van der Waals surface area contributed by atoms with E-state index in [1.54, 1.807) is 24.3 Å². The molecule has 10 heteroatoms. The third-order valence-electron chi connectivity index (χ3n) is 7.88. The fourth-order valence-corrected chi connectivity index (χ4v) is 5.64. The number of hydrogen-bond donors (Lipinski definition) is 2. The van der Waals surface area contributed by atoms with Gasteiger partial charge in [-0.15, -0.1) is 11.3 Å². The summed E-state index contributed by atoms with van der Waals surface area (Å²) in [6.45, 7) is 12.8. The molecular formula is C27H46N4O5S. The molecule has 1 aliphatic rings. The van der Waals surface area contributed by atoms with Crippen molar-refractivity contribution in [2.24, 2.45) is 11.8 Å². The Balaban J connectivity index is 2.19. The SMILES string of the molecule is CCOC(=O)c1csc([C@H](O)C[C@H](C(C)C)N(C)C(=O)[C@@H](NC(=O)[C@]2(C)CCCCN2C)C(C)CC)n1. The van der Waals surface area contributed by atoms with Crippen LogP contribution in [0.3, 0.4) is 0 Å². The highest BCUT2D eigenvalue weighted by Crippen LogP contribution is 2.29. The van der Waals surface area contributed by atoms with E-state index >= 15 is 0 Å². The first-order chi connectivity index (χ1) is 17.4. The Morgan fingerprint density at radius 3 is 2.51 bits per heavy atom. The van der Waals surface area contributed by atoms with E-state index in [0.29, 0.717) is 5.01 Å². The number of ether oxygens (including phenoxy) is 1. The molecule has 0 saturated carbocycles. The third-order valence-corrected chi connectivity index (χ3v) is 8.82. The fraction of sp³-hybridized carbons (Fsp3) is 0.778. The lowest BCUT2D eigenvalue weighted by Crippen LogP contribution is -2.62. The average molecular weight is 539 g/mol. The van der Waals surface area contributed by atoms with Gasteiger partial charge in [-0.1, -0.05) is 34.1 Å². The highest BCUT2D eigenvalue weighted by Gasteiger charge is 2.42. The molecule has 1 aromatic heterocycles. The lowest BCUT2D eigenvalue weighted by Gasteiger charge is -2.43. The maximum atomic E-state index is 13.8. The minimum absolute atomic E-state index is 0.0448. The standard InChI is InChI=1S/C27H46N4O5S/c1-9-18(5)22(29-26(35)27(6)13-11-12-14-30(27)7)24(33)31(8)20(17(3)4)15-21(32)23-28-19(16-37-23)25(34)36-10-2/h16-18,20-22,32H,9-15H2,1-8H3,(H,29,35)/t18?,20-,21-,22+,27+/m1/s1. The predicted molar refractivity (Wildman–Crippen MR) is 145 cm³/mol. The number of nitrogens with zero attached hydrogens (tertiary/aromatic N) is 3. The largest absolute Gasteiger partial charge is 0.461 e. The van der Waals surface area contributed by atoms with E-state index < -0.39 is 23.7 Å². The van der Waals surface area contributed by atoms with Crippen molar-refractivity contribution in [2.75, 3.05) is 27.2 Å². The zero-order valence-electron chi connectivity index (χ0n) is 23.7. The van der Waals surface area contributed by atoms with E-state index in [4.69, 9.17) is 4.74 Å². The van der Waals surface area contributed by atoms with Gasteiger partial charge in [-0.25, -0.2) is 9.78 Å². The van der Waals surface area contributed by atoms with Crippen LogP contribution in [-0.4, -0.2) is 82.5 Å². The van der Waals surface area contributed by atoms with Crippen molar-refractivity contribution < 1.29 is 24.2 Å². The van der Waals surface area contributed by atoms with E-state index in [2.05, 4.69) is 15.2 Å². The Hall–Kier alpha value is -2.04. The molecule has 1 saturated heterocycles. The number of likely N-dealkylation sites (N-methyl/N-ethyl adjacent to an activating group) is 2. The van der Waals surface area contributed by atoms with Crippen molar-refractivity contribution in [3.05, 3.63) is 16.1 Å². The monoisotopic (exact) mass is 538 g/mol. The van der Waals surface area contributed by atoms with Crippen LogP contribution in [-0.2, 0) is 14.3 Å². The molecule has 2 N–H and O–H groups in total. The van der Waals surface area contributed by atoms with Crippen molar-refractivity contribution in [3.8, 4) is 0 Å². The Bertz CT molecular complexity index is 922. The molecule has 1 unspecified atom stereocenters. The lowest BCUT2D eigenvalue weighted by atomic mass is 9.86. The van der Waals surface area contributed by atoms with E-state index in [-0.39, 0.29) is 48.4 Å². The van der Waals surface area contributed by atoms with Gasteiger partial charge in [-0.05, 0) is 58.5 Å². The van der Waals surface area contributed by atoms with Crippen molar-refractivity contribution in [1.29, 1.82) is 0 Å². The highest BCUT2D eigenvalue weighted by atomic mass is 32.1. The number of carbonyl (C=O) groups excluding carboxylic acids is 3. The highest BCUT2D eigenvalue weighted by molar-refractivity contribution is 7.09. The Morgan fingerprint density at radius 1 is 1.27 bits per heavy atom. The zero-order valence-corrected chi connectivity index (χ0v) is 24.6. The van der Waals surface area contributed by atoms with Crippen molar-refractivity contribution in [2.45, 2.75) is 97.4 Å². The fourth-order valence-electron chi connectivity index (χ4n) is 4.85. The number of carbonyl (C=O) groups is 3. The first-order valence-electron chi connectivity index (χ1n) is 13.5. The van der Waals surface area contributed by atoms with Crippen LogP contribution in [0.25, 0.3) is 0 Å². The van der Waals surface area contributed by atoms with E-state index in [1.165, 1.54) is 11.3 Å². The first-order valence-corrected chi connectivity index (χ1v) is 14.3. The summed E-state index contributed by atoms with van der Waals surface area (Å²) < 4.78 is 4.99. The predicted octanol–water partition coefficient (Wildman–Crippen LogP) is 3.63. The summed E-state index contributed by atoms with van der Waals surface area (Å²) in [5.74, 6) is -0.808. The number of hydrogen-bond acceptors (Lipinski definition) is 8. The minimum atomic E-state index is -0.942. The third kappa shape index (κ3) is 7.51. The van der Waals surface area contributed by atoms with Crippen LogP contribution in [0, 0.1) is 11.8 Å². The number of rotatable bonds is 12. The molecule has 0 aliphatic carbocycles. The lowest BCUT2D eigenvalue weighted by molar-refractivity contribution is -0.143. The molecule has 37 heavy (non-hydrogen) atoms. The number of nitrogens with one attached hydrogen (secondary N) is 1. The summed E-state index contributed by atoms with van der Waals surface area (Å²) in [6, 6.07) is -0.961. The molecule has 2 rings (SSSR count). The summed E-state index contributed by atoms with van der Waals surface area (Å²) in [6.07, 6.45) is 2.86. The van der Waals surface area contributed by atoms with Crippen LogP contribution in [0.15, 0.2) is 5.38 Å². The quantitative estimate of drug-likeness (QED) is 0.391. The first kappa shape index (κ1) is 31.2. The number of likely N-dealkylation sites (tertiary alicyclic amines) is 1. The molecule has 1 fully saturated rings. The molecule has 2 amide bonds. The van der Waals surface area contributed by atoms with Crippen molar-refractivity contribution in [3.63, 3.8) is 0 Å². The summed E-state index contributed by atoms with van der Waals surface area (Å²) in [4.78, 5) is 47.2. The Kier molecular flexibility index (Phi) is 11.5. The van der Waals surface area contributed by atoms with E-state index in [1.807, 2.05) is 41.7 Å². The van der Waals surface area contributed by atoms with E-state index in [0.717, 1.165) is 32.2 Å². The second-order valence-electron chi connectivity index (χ2n) is 10.8. The Labute approximate surface area is 226 Å². The minimum Gasteiger partial charge on any atom is -0.461 e. The maximum absolute atomic E-state index is 13.8. The zero-order chi connectivity index (χ0) is 27.9. The van der Waals surface area contributed by atoms with Gasteiger partial charge in [-0.2, -0.15) is 0 Å². The number of aliphatic hydroxyl groups excluding tert-OH is 1. The van der Waals surface area contributed by atoms with Gasteiger partial charge < -0.3 is 20.1 Å². The van der Waals surface area contributed by atoms with Crippen LogP contribution in [0.4, 0.5) is 0 Å². The summed E-state index contributed by atoms with van der Waals surface area (Å²) in [5, 5.41) is 16.0. The van der Waals surface area contributed by atoms with Gasteiger partial charge in [0, 0.05) is 24.9 Å². The summed E-state index contributed by atoms with van der Waals surface area (Å²) in [5.41, 5.74) is -0.468. The molecule has 2 heterocycles. The van der Waals surface area contributed by atoms with E-state index in [9.17, 15) is 19.5 Å². The van der Waals surface area contributed by atoms with Crippen molar-refractivity contribution in [1.82, 2.24) is 20.1 Å². The number of amides is 2. The molecule has 1 aromatic rings. The normalized spacial score (nSPS) is 21.7. The van der Waals surface area contributed by atoms with Gasteiger partial charge in [-0.3, -0.25) is 14.5 Å². The van der Waals surface area contributed by atoms with Crippen molar-refractivity contribution >= 4 is 29.1 Å². The molecule has 210 valence electrons. The molecule has 9 nitrogen and oxygen atoms in total. The van der Waals surface area contributed by atoms with Crippen LogP contribution < -0.4 is 5.32 Å². The van der Waals surface area contributed by atoms with Crippen LogP contribution >= 0.6 is 11.3 Å². The van der Waals surface area contributed by atoms with Gasteiger partial charge >= 0.3 is 5.97 Å². The second-order valence-corrected chi connectivity index (χ2v) is 11.7. The summed E-state index contributed by atoms with van der Waals surface area (Å²) in [7, 11) is 3.70. The summed E-state index contributed by atoms with van der Waals surface area (Å²) >= 11 is 1.20. The molecular weight excluding hydrogens is 492 g/mol.